The number of nitrogens with zero attached hydrogens (tertiary/aromatic N) is 2. The molecule has 0 fully saturated rings. The molecule has 0 radical (unpaired) electrons. The molecule has 10 heteroatoms. The molecule has 3 aromatic rings. The second-order valence-electron chi connectivity index (χ2n) is 7.47. The smallest absolute Gasteiger partial charge is 0.274 e. The minimum atomic E-state index is -4.04. The van der Waals surface area contributed by atoms with E-state index >= 15 is 0 Å². The molecule has 0 aliphatic carbocycles. The van der Waals surface area contributed by atoms with Crippen molar-refractivity contribution < 1.29 is 18.1 Å². The molecule has 0 heterocycles. The van der Waals surface area contributed by atoms with Gasteiger partial charge in [0.2, 0.25) is 15.9 Å². The quantitative estimate of drug-likeness (QED) is 0.366. The number of amides is 1. The summed E-state index contributed by atoms with van der Waals surface area (Å²) in [5, 5.41) is 14.2. The number of benzene rings is 3. The lowest BCUT2D eigenvalue weighted by molar-refractivity contribution is -0.385. The predicted molar refractivity (Wildman–Crippen MR) is 127 cm³/mol. The summed E-state index contributed by atoms with van der Waals surface area (Å²) in [7, 11) is -4.04. The minimum absolute atomic E-state index is 0.00103. The first-order chi connectivity index (χ1) is 15.6. The fourth-order valence-electron chi connectivity index (χ4n) is 3.30. The molecule has 3 rings (SSSR count). The maximum absolute atomic E-state index is 13.3. The zero-order valence-corrected chi connectivity index (χ0v) is 19.6. The Morgan fingerprint density at radius 2 is 1.73 bits per heavy atom. The number of hydrogen-bond donors (Lipinski definition) is 1. The molecule has 0 unspecified atom stereocenters. The first-order valence-electron chi connectivity index (χ1n) is 9.93. The van der Waals surface area contributed by atoms with Crippen molar-refractivity contribution in [3.8, 4) is 0 Å². The molecule has 0 atom stereocenters. The van der Waals surface area contributed by atoms with Crippen LogP contribution in [0.1, 0.15) is 16.7 Å². The third kappa shape index (κ3) is 5.95. The highest BCUT2D eigenvalue weighted by Crippen LogP contribution is 2.26. The van der Waals surface area contributed by atoms with Gasteiger partial charge in [-0.1, -0.05) is 47.5 Å². The lowest BCUT2D eigenvalue weighted by Crippen LogP contribution is -2.37. The topological polar surface area (TPSA) is 110 Å². The summed E-state index contributed by atoms with van der Waals surface area (Å²) in [5.41, 5.74) is 2.05. The molecule has 0 aromatic heterocycles. The minimum Gasteiger partial charge on any atom is -0.324 e. The van der Waals surface area contributed by atoms with Crippen molar-refractivity contribution in [2.24, 2.45) is 0 Å². The van der Waals surface area contributed by atoms with Crippen LogP contribution >= 0.6 is 11.6 Å². The Bertz CT molecular complexity index is 1290. The maximum atomic E-state index is 13.3. The van der Waals surface area contributed by atoms with Crippen LogP contribution in [0.2, 0.25) is 5.02 Å². The number of carbonyl (C=O) groups is 1. The van der Waals surface area contributed by atoms with E-state index in [4.69, 9.17) is 11.6 Å². The van der Waals surface area contributed by atoms with E-state index in [1.807, 2.05) is 25.1 Å². The Labute approximate surface area is 197 Å². The van der Waals surface area contributed by atoms with Gasteiger partial charge < -0.3 is 5.32 Å². The van der Waals surface area contributed by atoms with Crippen molar-refractivity contribution in [3.05, 3.63) is 98.6 Å². The standard InChI is InChI=1S/C23H22ClN3O5S/c1-16-5-3-6-18(13-16)14-26(33(31,32)20-11-9-19(24)10-12-20)15-23(28)25-21-7-4-8-22(17(21)2)27(29)30/h3-13H,14-15H2,1-2H3,(H,25,28). The zero-order valence-electron chi connectivity index (χ0n) is 18.0. The number of rotatable bonds is 8. The van der Waals surface area contributed by atoms with Crippen LogP contribution in [-0.4, -0.2) is 30.1 Å². The van der Waals surface area contributed by atoms with E-state index < -0.39 is 27.4 Å². The summed E-state index contributed by atoms with van der Waals surface area (Å²) in [4.78, 5) is 23.5. The highest BCUT2D eigenvalue weighted by molar-refractivity contribution is 7.89. The van der Waals surface area contributed by atoms with Crippen LogP contribution in [0, 0.1) is 24.0 Å². The molecule has 0 aliphatic heterocycles. The molecular formula is C23H22ClN3O5S. The molecule has 0 spiro atoms. The first-order valence-corrected chi connectivity index (χ1v) is 11.7. The van der Waals surface area contributed by atoms with Crippen molar-refractivity contribution in [2.75, 3.05) is 11.9 Å². The van der Waals surface area contributed by atoms with Gasteiger partial charge in [0, 0.05) is 17.6 Å². The van der Waals surface area contributed by atoms with Crippen LogP contribution in [0.3, 0.4) is 0 Å². The molecule has 8 nitrogen and oxygen atoms in total. The summed E-state index contributed by atoms with van der Waals surface area (Å²) in [5.74, 6) is -0.621. The predicted octanol–water partition coefficient (Wildman–Crippen LogP) is 4.69. The number of carbonyl (C=O) groups excluding carboxylic acids is 1. The number of aryl methyl sites for hydroxylation is 1. The van der Waals surface area contributed by atoms with Crippen LogP contribution in [0.4, 0.5) is 11.4 Å². The number of anilines is 1. The van der Waals surface area contributed by atoms with Gasteiger partial charge in [-0.25, -0.2) is 8.42 Å². The SMILES string of the molecule is Cc1cccc(CN(CC(=O)Nc2cccc([N+](=O)[O-])c2C)S(=O)(=O)c2ccc(Cl)cc2)c1. The van der Waals surface area contributed by atoms with E-state index in [2.05, 4.69) is 5.32 Å². The van der Waals surface area contributed by atoms with Crippen molar-refractivity contribution in [3.63, 3.8) is 0 Å². The van der Waals surface area contributed by atoms with Crippen LogP contribution in [-0.2, 0) is 21.4 Å². The zero-order chi connectivity index (χ0) is 24.2. The van der Waals surface area contributed by atoms with Crippen LogP contribution in [0.15, 0.2) is 71.6 Å². The normalized spacial score (nSPS) is 11.4. The van der Waals surface area contributed by atoms with Gasteiger partial charge in [-0.3, -0.25) is 14.9 Å². The van der Waals surface area contributed by atoms with E-state index in [0.29, 0.717) is 10.6 Å². The maximum Gasteiger partial charge on any atom is 0.274 e. The lowest BCUT2D eigenvalue weighted by atomic mass is 10.1. The van der Waals surface area contributed by atoms with Gasteiger partial charge in [-0.05, 0) is 49.7 Å². The van der Waals surface area contributed by atoms with Crippen molar-refractivity contribution in [1.82, 2.24) is 4.31 Å². The number of nitro benzene ring substituents is 1. The Kier molecular flexibility index (Phi) is 7.47. The summed E-state index contributed by atoms with van der Waals surface area (Å²) in [6, 6.07) is 17.3. The summed E-state index contributed by atoms with van der Waals surface area (Å²) in [6.07, 6.45) is 0. The molecule has 172 valence electrons. The molecule has 0 saturated heterocycles. The number of sulfonamides is 1. The van der Waals surface area contributed by atoms with E-state index in [0.717, 1.165) is 9.87 Å². The largest absolute Gasteiger partial charge is 0.324 e. The fourth-order valence-corrected chi connectivity index (χ4v) is 4.81. The molecule has 0 saturated carbocycles. The summed E-state index contributed by atoms with van der Waals surface area (Å²) < 4.78 is 27.8. The second kappa shape index (κ2) is 10.1. The molecule has 0 aliphatic rings. The van der Waals surface area contributed by atoms with E-state index in [9.17, 15) is 23.3 Å². The van der Waals surface area contributed by atoms with Crippen molar-refractivity contribution in [1.29, 1.82) is 0 Å². The molecule has 3 aromatic carbocycles. The van der Waals surface area contributed by atoms with E-state index in [-0.39, 0.29) is 28.4 Å². The Morgan fingerprint density at radius 3 is 2.36 bits per heavy atom. The van der Waals surface area contributed by atoms with Crippen molar-refractivity contribution in [2.45, 2.75) is 25.3 Å². The average Bonchev–Trinajstić information content (AvgIpc) is 2.75. The monoisotopic (exact) mass is 487 g/mol. The Morgan fingerprint density at radius 1 is 1.06 bits per heavy atom. The van der Waals surface area contributed by atoms with Crippen LogP contribution in [0.25, 0.3) is 0 Å². The molecule has 33 heavy (non-hydrogen) atoms. The van der Waals surface area contributed by atoms with E-state index in [1.165, 1.54) is 49.4 Å². The van der Waals surface area contributed by atoms with Gasteiger partial charge in [-0.2, -0.15) is 4.31 Å². The summed E-state index contributed by atoms with van der Waals surface area (Å²) in [6.45, 7) is 2.89. The summed E-state index contributed by atoms with van der Waals surface area (Å²) >= 11 is 5.89. The fraction of sp³-hybridized carbons (Fsp3) is 0.174. The number of nitro groups is 1. The molecule has 0 bridgehead atoms. The van der Waals surface area contributed by atoms with Gasteiger partial charge in [0.05, 0.1) is 27.6 Å². The lowest BCUT2D eigenvalue weighted by Gasteiger charge is -2.22. The molecule has 1 N–H and O–H groups in total. The third-order valence-electron chi connectivity index (χ3n) is 4.99. The van der Waals surface area contributed by atoms with Gasteiger partial charge in [0.1, 0.15) is 0 Å². The molecule has 1 amide bonds. The van der Waals surface area contributed by atoms with Gasteiger partial charge in [0.25, 0.3) is 5.69 Å². The third-order valence-corrected chi connectivity index (χ3v) is 7.05. The number of hydrogen-bond acceptors (Lipinski definition) is 5. The highest BCUT2D eigenvalue weighted by Gasteiger charge is 2.27. The van der Waals surface area contributed by atoms with Crippen molar-refractivity contribution >= 4 is 38.9 Å². The first kappa shape index (κ1) is 24.4. The Balaban J connectivity index is 1.91. The average molecular weight is 488 g/mol. The van der Waals surface area contributed by atoms with Gasteiger partial charge in [-0.15, -0.1) is 0 Å². The highest BCUT2D eigenvalue weighted by atomic mass is 35.5. The Hall–Kier alpha value is -3.27. The number of nitrogens with one attached hydrogen (secondary N) is 1. The molecular weight excluding hydrogens is 466 g/mol. The van der Waals surface area contributed by atoms with Crippen LogP contribution in [0.5, 0.6) is 0 Å². The van der Waals surface area contributed by atoms with Gasteiger partial charge >= 0.3 is 0 Å². The second-order valence-corrected chi connectivity index (χ2v) is 9.85. The van der Waals surface area contributed by atoms with Gasteiger partial charge in [0.15, 0.2) is 0 Å². The van der Waals surface area contributed by atoms with E-state index in [1.54, 1.807) is 6.07 Å². The van der Waals surface area contributed by atoms with Crippen LogP contribution < -0.4 is 5.32 Å². The number of halogens is 1.